The van der Waals surface area contributed by atoms with E-state index in [1.807, 2.05) is 0 Å². The topological polar surface area (TPSA) is 74.6 Å². The molecule has 166 valence electrons. The van der Waals surface area contributed by atoms with Gasteiger partial charge in [-0.1, -0.05) is 6.07 Å². The van der Waals surface area contributed by atoms with Crippen LogP contribution in [0.1, 0.15) is 45.0 Å². The van der Waals surface area contributed by atoms with Gasteiger partial charge in [0.25, 0.3) is 0 Å². The molecule has 9 heteroatoms. The van der Waals surface area contributed by atoms with Crippen LogP contribution in [0.5, 0.6) is 0 Å². The largest absolute Gasteiger partial charge is 0.456 e. The van der Waals surface area contributed by atoms with Crippen molar-refractivity contribution >= 4 is 22.5 Å². The molecular weight excluding hydrogens is 419 g/mol. The third kappa shape index (κ3) is 4.26. The second kappa shape index (κ2) is 8.19. The van der Waals surface area contributed by atoms with E-state index in [0.29, 0.717) is 29.1 Å². The molecule has 2 aromatic heterocycles. The summed E-state index contributed by atoms with van der Waals surface area (Å²) in [7, 11) is 1.27. The molecule has 0 aliphatic carbocycles. The van der Waals surface area contributed by atoms with Crippen LogP contribution in [0.15, 0.2) is 42.7 Å². The van der Waals surface area contributed by atoms with Crippen LogP contribution in [0.25, 0.3) is 10.9 Å². The van der Waals surface area contributed by atoms with Gasteiger partial charge in [0.1, 0.15) is 12.9 Å². The lowest BCUT2D eigenvalue weighted by atomic mass is 9.90. The minimum absolute atomic E-state index is 0.278. The summed E-state index contributed by atoms with van der Waals surface area (Å²) in [5.41, 5.74) is 1.12. The minimum Gasteiger partial charge on any atom is -0.259 e. The number of nitriles is 1. The molecule has 0 saturated heterocycles. The van der Waals surface area contributed by atoms with E-state index in [9.17, 15) is 23.2 Å². The Morgan fingerprint density at radius 2 is 1.88 bits per heavy atom. The molecule has 0 radical (unpaired) electrons. The Morgan fingerprint density at radius 3 is 2.44 bits per heavy atom. The fraction of sp³-hybridized carbons (Fsp3) is 0.348. The Hall–Kier alpha value is -3.54. The summed E-state index contributed by atoms with van der Waals surface area (Å²) in [4.78, 5) is 16.7. The number of pyridine rings is 1. The first kappa shape index (κ1) is 23.1. The number of carbonyl (C=O) groups excluding carboxylic acids is 1. The smallest absolute Gasteiger partial charge is 0.259 e. The second-order valence-electron chi connectivity index (χ2n) is 8.30. The van der Waals surface area contributed by atoms with Crippen LogP contribution in [-0.4, -0.2) is 43.9 Å². The molecule has 0 unspecified atom stereocenters. The molecule has 1 aromatic carbocycles. The van der Waals surface area contributed by atoms with Crippen molar-refractivity contribution < 1.29 is 22.5 Å². The number of hydrogen-bond donors (Lipinski definition) is 0. The fourth-order valence-corrected chi connectivity index (χ4v) is 3.42. The predicted molar refractivity (Wildman–Crippen MR) is 113 cm³/mol. The van der Waals surface area contributed by atoms with E-state index in [1.165, 1.54) is 42.3 Å². The number of halogens is 3. The van der Waals surface area contributed by atoms with Crippen LogP contribution >= 0.6 is 0 Å². The molecular formula is C23H23F3N5O+. The molecule has 3 rings (SSSR count). The molecule has 0 aliphatic heterocycles. The van der Waals surface area contributed by atoms with Crippen molar-refractivity contribution in [1.82, 2.24) is 14.8 Å². The predicted octanol–water partition coefficient (Wildman–Crippen LogP) is 4.25. The van der Waals surface area contributed by atoms with E-state index in [0.717, 1.165) is 4.58 Å². The maximum absolute atomic E-state index is 13.7. The number of nitrogens with zero attached hydrogens (tertiary/aromatic N) is 5. The quantitative estimate of drug-likeness (QED) is 0.437. The molecule has 0 saturated carbocycles. The van der Waals surface area contributed by atoms with Gasteiger partial charge in [-0.05, 0) is 38.1 Å². The zero-order chi connectivity index (χ0) is 23.8. The van der Waals surface area contributed by atoms with Gasteiger partial charge in [-0.2, -0.15) is 23.7 Å². The number of benzene rings is 1. The number of rotatable bonds is 5. The van der Waals surface area contributed by atoms with Gasteiger partial charge in [-0.3, -0.25) is 4.98 Å². The zero-order valence-electron chi connectivity index (χ0n) is 18.4. The van der Waals surface area contributed by atoms with Crippen molar-refractivity contribution in [2.45, 2.75) is 45.1 Å². The summed E-state index contributed by atoms with van der Waals surface area (Å²) in [5, 5.41) is 14.2. The summed E-state index contributed by atoms with van der Waals surface area (Å²) < 4.78 is 43.6. The molecule has 0 bridgehead atoms. The normalized spacial score (nSPS) is 14.1. The summed E-state index contributed by atoms with van der Waals surface area (Å²) in [6.07, 6.45) is 3.00. The van der Waals surface area contributed by atoms with E-state index in [4.69, 9.17) is 0 Å². The minimum atomic E-state index is -3.56. The maximum Gasteiger partial charge on any atom is 0.456 e. The van der Waals surface area contributed by atoms with Crippen LogP contribution in [0.3, 0.4) is 0 Å². The summed E-state index contributed by atoms with van der Waals surface area (Å²) in [6, 6.07) is 8.93. The number of alkyl halides is 2. The highest BCUT2D eigenvalue weighted by atomic mass is 19.3. The average Bonchev–Trinajstić information content (AvgIpc) is 3.15. The standard InChI is InChI=1S/C23H23F3N5O/c1-14(30(5)21(32)23(4,25)26)20(15-6-9-19(28-11-15)22(2,3)13-27)31-18-8-7-17(24)10-16(18)12-29-31/h6-12,20H,1-5H3/q+1/t20-/m0/s1. The van der Waals surface area contributed by atoms with E-state index < -0.39 is 29.1 Å². The van der Waals surface area contributed by atoms with E-state index >= 15 is 0 Å². The van der Waals surface area contributed by atoms with Gasteiger partial charge in [-0.25, -0.2) is 13.9 Å². The molecule has 6 nitrogen and oxygen atoms in total. The molecule has 0 fully saturated rings. The van der Waals surface area contributed by atoms with Crippen LogP contribution in [0.2, 0.25) is 0 Å². The van der Waals surface area contributed by atoms with Crippen molar-refractivity contribution in [1.29, 1.82) is 5.26 Å². The lowest BCUT2D eigenvalue weighted by Gasteiger charge is -2.20. The van der Waals surface area contributed by atoms with Crippen LogP contribution < -0.4 is 0 Å². The molecule has 1 amide bonds. The Kier molecular flexibility index (Phi) is 5.92. The van der Waals surface area contributed by atoms with Gasteiger partial charge in [0, 0.05) is 31.0 Å². The Morgan fingerprint density at radius 1 is 1.19 bits per heavy atom. The molecule has 32 heavy (non-hydrogen) atoms. The number of carbonyl (C=O) groups is 1. The van der Waals surface area contributed by atoms with Crippen molar-refractivity contribution in [3.05, 3.63) is 59.8 Å². The number of fused-ring (bicyclic) bond motifs is 1. The van der Waals surface area contributed by atoms with Crippen molar-refractivity contribution in [2.75, 3.05) is 7.05 Å². The van der Waals surface area contributed by atoms with Gasteiger partial charge < -0.3 is 0 Å². The second-order valence-corrected chi connectivity index (χ2v) is 8.30. The van der Waals surface area contributed by atoms with Crippen LogP contribution in [-0.2, 0) is 10.2 Å². The third-order valence-electron chi connectivity index (χ3n) is 5.43. The van der Waals surface area contributed by atoms with Gasteiger partial charge in [-0.15, -0.1) is 0 Å². The molecule has 2 heterocycles. The molecule has 0 aliphatic rings. The van der Waals surface area contributed by atoms with Gasteiger partial charge in [0.15, 0.2) is 11.8 Å². The van der Waals surface area contributed by atoms with Gasteiger partial charge in [0.2, 0.25) is 0 Å². The van der Waals surface area contributed by atoms with E-state index in [-0.39, 0.29) is 5.71 Å². The van der Waals surface area contributed by atoms with E-state index in [2.05, 4.69) is 16.2 Å². The fourth-order valence-electron chi connectivity index (χ4n) is 3.42. The highest BCUT2D eigenvalue weighted by Crippen LogP contribution is 2.28. The Balaban J connectivity index is 2.22. The summed E-state index contributed by atoms with van der Waals surface area (Å²) >= 11 is 0. The van der Waals surface area contributed by atoms with Crippen molar-refractivity contribution in [3.8, 4) is 6.07 Å². The lowest BCUT2D eigenvalue weighted by Crippen LogP contribution is -2.39. The third-order valence-corrected chi connectivity index (χ3v) is 5.43. The number of hydrogen-bond acceptors (Lipinski definition) is 4. The monoisotopic (exact) mass is 442 g/mol. The van der Waals surface area contributed by atoms with Crippen molar-refractivity contribution in [3.63, 3.8) is 0 Å². The Bertz CT molecular complexity index is 1250. The first-order valence-corrected chi connectivity index (χ1v) is 9.86. The first-order valence-electron chi connectivity index (χ1n) is 9.86. The average molecular weight is 442 g/mol. The molecule has 0 spiro atoms. The SMILES string of the molecule is CC([C@@H](c1ccc(C(C)(C)C#N)nc1)n1ncc2cc(F)ccc21)=[N+](C)C(=O)C(C)(F)F. The lowest BCUT2D eigenvalue weighted by molar-refractivity contribution is -0.435. The first-order chi connectivity index (χ1) is 14.9. The summed E-state index contributed by atoms with van der Waals surface area (Å²) in [6.45, 7) is 5.56. The Labute approximate surface area is 183 Å². The maximum atomic E-state index is 13.7. The van der Waals surface area contributed by atoms with Gasteiger partial charge in [0.05, 0.1) is 28.9 Å². The van der Waals surface area contributed by atoms with Gasteiger partial charge >= 0.3 is 11.8 Å². The van der Waals surface area contributed by atoms with E-state index in [1.54, 1.807) is 32.9 Å². The number of amides is 1. The molecule has 3 aromatic rings. The highest BCUT2D eigenvalue weighted by molar-refractivity contribution is 5.92. The molecule has 1 atom stereocenters. The zero-order valence-corrected chi connectivity index (χ0v) is 18.4. The number of aromatic nitrogens is 3. The van der Waals surface area contributed by atoms with Crippen molar-refractivity contribution in [2.24, 2.45) is 0 Å². The molecule has 0 N–H and O–H groups in total. The van der Waals surface area contributed by atoms with Crippen LogP contribution in [0, 0.1) is 17.1 Å². The summed E-state index contributed by atoms with van der Waals surface area (Å²) in [5.74, 6) is -5.36. The highest BCUT2D eigenvalue weighted by Gasteiger charge is 2.43. The van der Waals surface area contributed by atoms with Crippen LogP contribution in [0.4, 0.5) is 13.2 Å².